The Kier molecular flexibility index (Phi) is 6.33. The van der Waals surface area contributed by atoms with Gasteiger partial charge in [0.15, 0.2) is 4.80 Å². The van der Waals surface area contributed by atoms with Crippen molar-refractivity contribution in [3.63, 3.8) is 0 Å². The molecule has 1 aliphatic heterocycles. The smallest absolute Gasteiger partial charge is 0.338 e. The zero-order valence-corrected chi connectivity index (χ0v) is 21.3. The molecule has 2 heterocycles. The molecule has 36 heavy (non-hydrogen) atoms. The van der Waals surface area contributed by atoms with Crippen LogP contribution in [0.25, 0.3) is 16.8 Å². The second-order valence-electron chi connectivity index (χ2n) is 8.85. The number of hydrogen-bond acceptors (Lipinski definition) is 6. The van der Waals surface area contributed by atoms with E-state index < -0.39 is 12.0 Å². The predicted molar refractivity (Wildman–Crippen MR) is 142 cm³/mol. The second kappa shape index (κ2) is 9.59. The number of thiazole rings is 1. The van der Waals surface area contributed by atoms with Crippen LogP contribution in [0.1, 0.15) is 37.9 Å². The number of hydrogen-bond donors (Lipinski definition) is 0. The van der Waals surface area contributed by atoms with Gasteiger partial charge >= 0.3 is 5.97 Å². The summed E-state index contributed by atoms with van der Waals surface area (Å²) in [4.78, 5) is 31.9. The van der Waals surface area contributed by atoms with E-state index in [0.29, 0.717) is 26.4 Å². The Morgan fingerprint density at radius 1 is 1.06 bits per heavy atom. The van der Waals surface area contributed by atoms with Gasteiger partial charge in [0, 0.05) is 5.56 Å². The molecule has 182 valence electrons. The molecule has 1 aliphatic rings. The summed E-state index contributed by atoms with van der Waals surface area (Å²) < 4.78 is 13.3. The van der Waals surface area contributed by atoms with E-state index in [4.69, 9.17) is 9.47 Å². The quantitative estimate of drug-likeness (QED) is 0.384. The van der Waals surface area contributed by atoms with Crippen molar-refractivity contribution in [3.8, 4) is 5.75 Å². The number of aromatic nitrogens is 1. The number of nitrogens with zero attached hydrogens (tertiary/aromatic N) is 2. The molecule has 1 aromatic heterocycles. The van der Waals surface area contributed by atoms with Crippen molar-refractivity contribution in [1.82, 2.24) is 4.57 Å². The number of esters is 1. The third-order valence-corrected chi connectivity index (χ3v) is 7.09. The van der Waals surface area contributed by atoms with Gasteiger partial charge in [-0.3, -0.25) is 9.36 Å². The van der Waals surface area contributed by atoms with Crippen LogP contribution in [0.2, 0.25) is 0 Å². The van der Waals surface area contributed by atoms with Crippen molar-refractivity contribution >= 4 is 34.2 Å². The molecule has 0 spiro atoms. The first-order valence-electron chi connectivity index (χ1n) is 11.7. The molecule has 7 heteroatoms. The van der Waals surface area contributed by atoms with Crippen molar-refractivity contribution in [2.45, 2.75) is 32.9 Å². The number of carbonyl (C=O) groups is 1. The van der Waals surface area contributed by atoms with E-state index in [-0.39, 0.29) is 11.7 Å². The molecule has 0 fully saturated rings. The number of allylic oxidation sites excluding steroid dienone is 1. The van der Waals surface area contributed by atoms with Gasteiger partial charge < -0.3 is 9.47 Å². The Morgan fingerprint density at radius 2 is 1.78 bits per heavy atom. The maximum absolute atomic E-state index is 13.9. The standard InChI is InChI=1S/C29H26N2O4S/c1-17(2)35-23-15-14-19-10-8-9-13-21(19)22(23)16-24-27(32)31-26(20-11-6-5-7-12-20)25(28(33)34-4)18(3)30-29(31)36-24/h5-17,26H,1-4H3. The normalized spacial score (nSPS) is 15.7. The molecular formula is C29H26N2O4S. The summed E-state index contributed by atoms with van der Waals surface area (Å²) >= 11 is 1.30. The van der Waals surface area contributed by atoms with Gasteiger partial charge in [0.05, 0.1) is 35.1 Å². The molecule has 0 saturated heterocycles. The van der Waals surface area contributed by atoms with Gasteiger partial charge in [-0.15, -0.1) is 0 Å². The maximum Gasteiger partial charge on any atom is 0.338 e. The molecule has 0 aliphatic carbocycles. The van der Waals surface area contributed by atoms with E-state index in [1.54, 1.807) is 11.5 Å². The van der Waals surface area contributed by atoms with Crippen LogP contribution in [0.15, 0.2) is 87.8 Å². The van der Waals surface area contributed by atoms with Crippen LogP contribution in [0.4, 0.5) is 0 Å². The minimum absolute atomic E-state index is 0.0251. The van der Waals surface area contributed by atoms with Crippen LogP contribution in [0.3, 0.4) is 0 Å². The van der Waals surface area contributed by atoms with Crippen molar-refractivity contribution in [3.05, 3.63) is 109 Å². The zero-order chi connectivity index (χ0) is 25.4. The summed E-state index contributed by atoms with van der Waals surface area (Å²) in [7, 11) is 1.34. The first kappa shape index (κ1) is 23.8. The van der Waals surface area contributed by atoms with Crippen molar-refractivity contribution in [1.29, 1.82) is 0 Å². The molecule has 1 atom stereocenters. The van der Waals surface area contributed by atoms with Crippen LogP contribution < -0.4 is 19.6 Å². The molecular weight excluding hydrogens is 472 g/mol. The monoisotopic (exact) mass is 498 g/mol. The number of carbonyl (C=O) groups excluding carboxylic acids is 1. The maximum atomic E-state index is 13.9. The molecule has 0 amide bonds. The summed E-state index contributed by atoms with van der Waals surface area (Å²) in [6.45, 7) is 5.73. The lowest BCUT2D eigenvalue weighted by atomic mass is 9.96. The Labute approximate surface area is 212 Å². The largest absolute Gasteiger partial charge is 0.490 e. The van der Waals surface area contributed by atoms with Gasteiger partial charge in [-0.05, 0) is 49.2 Å². The molecule has 3 aromatic carbocycles. The van der Waals surface area contributed by atoms with Crippen molar-refractivity contribution < 1.29 is 14.3 Å². The second-order valence-corrected chi connectivity index (χ2v) is 9.86. The Balaban J connectivity index is 1.79. The van der Waals surface area contributed by atoms with Gasteiger partial charge in [-0.25, -0.2) is 9.79 Å². The molecule has 1 unspecified atom stereocenters. The van der Waals surface area contributed by atoms with Gasteiger partial charge in [0.2, 0.25) is 0 Å². The van der Waals surface area contributed by atoms with Gasteiger partial charge in [-0.2, -0.15) is 0 Å². The highest BCUT2D eigenvalue weighted by atomic mass is 32.1. The van der Waals surface area contributed by atoms with Crippen molar-refractivity contribution in [2.75, 3.05) is 7.11 Å². The number of methoxy groups -OCH3 is 1. The lowest BCUT2D eigenvalue weighted by Gasteiger charge is -2.24. The lowest BCUT2D eigenvalue weighted by Crippen LogP contribution is -2.39. The fourth-order valence-electron chi connectivity index (χ4n) is 4.56. The number of ether oxygens (including phenoxy) is 2. The molecule has 0 bridgehead atoms. The molecule has 4 aromatic rings. The predicted octanol–water partition coefficient (Wildman–Crippen LogP) is 4.35. The minimum Gasteiger partial charge on any atom is -0.490 e. The van der Waals surface area contributed by atoms with E-state index in [0.717, 1.165) is 21.9 Å². The summed E-state index contributed by atoms with van der Waals surface area (Å²) in [5.74, 6) is 0.210. The molecule has 0 N–H and O–H groups in total. The SMILES string of the molecule is COC(=O)C1=C(C)N=c2sc(=Cc3c(OC(C)C)ccc4ccccc34)c(=O)n2C1c1ccccc1. The Hall–Kier alpha value is -3.97. The number of benzene rings is 3. The van der Waals surface area contributed by atoms with E-state index in [2.05, 4.69) is 4.99 Å². The lowest BCUT2D eigenvalue weighted by molar-refractivity contribution is -0.136. The van der Waals surface area contributed by atoms with Crippen LogP contribution in [0, 0.1) is 0 Å². The first-order valence-corrected chi connectivity index (χ1v) is 12.5. The van der Waals surface area contributed by atoms with Gasteiger partial charge in [-0.1, -0.05) is 72.0 Å². The third kappa shape index (κ3) is 4.16. The van der Waals surface area contributed by atoms with Crippen LogP contribution in [-0.4, -0.2) is 23.8 Å². The van der Waals surface area contributed by atoms with Gasteiger partial charge in [0.25, 0.3) is 5.56 Å². The summed E-state index contributed by atoms with van der Waals surface area (Å²) in [6, 6.07) is 20.8. The van der Waals surface area contributed by atoms with E-state index in [1.165, 1.54) is 18.4 Å². The topological polar surface area (TPSA) is 69.9 Å². The fraction of sp³-hybridized carbons (Fsp3) is 0.207. The van der Waals surface area contributed by atoms with Crippen LogP contribution in [0.5, 0.6) is 5.75 Å². The van der Waals surface area contributed by atoms with Crippen LogP contribution in [-0.2, 0) is 9.53 Å². The third-order valence-electron chi connectivity index (χ3n) is 6.11. The highest BCUT2D eigenvalue weighted by Gasteiger charge is 2.33. The van der Waals surface area contributed by atoms with E-state index in [9.17, 15) is 9.59 Å². The molecule has 0 saturated carbocycles. The van der Waals surface area contributed by atoms with Crippen LogP contribution >= 0.6 is 11.3 Å². The highest BCUT2D eigenvalue weighted by molar-refractivity contribution is 7.07. The Morgan fingerprint density at radius 3 is 2.50 bits per heavy atom. The summed E-state index contributed by atoms with van der Waals surface area (Å²) in [6.07, 6.45) is 1.85. The number of rotatable bonds is 5. The molecule has 5 rings (SSSR count). The average Bonchev–Trinajstić information content (AvgIpc) is 3.18. The van der Waals surface area contributed by atoms with Crippen molar-refractivity contribution in [2.24, 2.45) is 4.99 Å². The zero-order valence-electron chi connectivity index (χ0n) is 20.5. The fourth-order valence-corrected chi connectivity index (χ4v) is 5.58. The first-order chi connectivity index (χ1) is 17.4. The summed E-state index contributed by atoms with van der Waals surface area (Å²) in [5.41, 5.74) is 2.33. The van der Waals surface area contributed by atoms with E-state index in [1.807, 2.05) is 86.7 Å². The average molecular weight is 499 g/mol. The van der Waals surface area contributed by atoms with E-state index >= 15 is 0 Å². The Bertz CT molecular complexity index is 1680. The number of fused-ring (bicyclic) bond motifs is 2. The summed E-state index contributed by atoms with van der Waals surface area (Å²) in [5, 5.41) is 2.05. The molecule has 6 nitrogen and oxygen atoms in total. The van der Waals surface area contributed by atoms with Gasteiger partial charge in [0.1, 0.15) is 5.75 Å². The minimum atomic E-state index is -0.629. The highest BCUT2D eigenvalue weighted by Crippen LogP contribution is 2.31. The molecule has 0 radical (unpaired) electrons.